The molecule has 9 heteroatoms. The Kier molecular flexibility index (Phi) is 5.84. The molecule has 0 bridgehead atoms. The van der Waals surface area contributed by atoms with Gasteiger partial charge in [-0.1, -0.05) is 12.1 Å². The van der Waals surface area contributed by atoms with Crippen molar-refractivity contribution in [3.63, 3.8) is 0 Å². The summed E-state index contributed by atoms with van der Waals surface area (Å²) in [6, 6.07) is 13.4. The van der Waals surface area contributed by atoms with Crippen molar-refractivity contribution in [2.24, 2.45) is 0 Å². The van der Waals surface area contributed by atoms with Crippen LogP contribution in [0.15, 0.2) is 48.5 Å². The van der Waals surface area contributed by atoms with E-state index in [1.54, 1.807) is 53.4 Å². The van der Waals surface area contributed by atoms with Crippen molar-refractivity contribution >= 4 is 38.9 Å². The number of nitrogens with zero attached hydrogens (tertiary/aromatic N) is 1. The maximum atomic E-state index is 12.2. The van der Waals surface area contributed by atoms with Gasteiger partial charge in [-0.05, 0) is 42.8 Å². The lowest BCUT2D eigenvalue weighted by Crippen LogP contribution is -2.23. The molecule has 0 aromatic heterocycles. The van der Waals surface area contributed by atoms with E-state index >= 15 is 0 Å². The Labute approximate surface area is 163 Å². The van der Waals surface area contributed by atoms with Crippen LogP contribution in [0.3, 0.4) is 0 Å². The van der Waals surface area contributed by atoms with Crippen LogP contribution in [0.4, 0.5) is 17.1 Å². The molecule has 2 N–H and O–H groups in total. The number of sulfonamides is 1. The summed E-state index contributed by atoms with van der Waals surface area (Å²) in [5.41, 5.74) is 1.42. The smallest absolute Gasteiger partial charge is 0.262 e. The van der Waals surface area contributed by atoms with Crippen molar-refractivity contribution < 1.29 is 22.7 Å². The Balaban J connectivity index is 1.57. The molecular weight excluding hydrogens is 382 g/mol. The SMILES string of the molecule is CS(=O)(=O)Nc1ccccc1NC(=O)COc1ccc(N2CCCC2=O)cc1. The number of carbonyl (C=O) groups excluding carboxylic acids is 2. The van der Waals surface area contributed by atoms with Crippen LogP contribution < -0.4 is 19.7 Å². The number of carbonyl (C=O) groups is 2. The van der Waals surface area contributed by atoms with E-state index in [0.29, 0.717) is 24.4 Å². The van der Waals surface area contributed by atoms with Crippen molar-refractivity contribution in [1.82, 2.24) is 0 Å². The fraction of sp³-hybridized carbons (Fsp3) is 0.263. The Hall–Kier alpha value is -3.07. The molecule has 1 aliphatic heterocycles. The number of amides is 2. The molecule has 0 unspecified atom stereocenters. The molecule has 0 spiro atoms. The highest BCUT2D eigenvalue weighted by atomic mass is 32.2. The van der Waals surface area contributed by atoms with Gasteiger partial charge in [-0.15, -0.1) is 0 Å². The summed E-state index contributed by atoms with van der Waals surface area (Å²) < 4.78 is 30.7. The van der Waals surface area contributed by atoms with Crippen molar-refractivity contribution in [2.75, 3.05) is 34.3 Å². The summed E-state index contributed by atoms with van der Waals surface area (Å²) in [6.45, 7) is 0.470. The van der Waals surface area contributed by atoms with Crippen LogP contribution in [-0.2, 0) is 19.6 Å². The summed E-state index contributed by atoms with van der Waals surface area (Å²) >= 11 is 0. The van der Waals surface area contributed by atoms with E-state index in [1.807, 2.05) is 0 Å². The van der Waals surface area contributed by atoms with Crippen molar-refractivity contribution in [2.45, 2.75) is 12.8 Å². The molecule has 8 nitrogen and oxygen atoms in total. The number of benzene rings is 2. The van der Waals surface area contributed by atoms with Gasteiger partial charge in [0.15, 0.2) is 6.61 Å². The Morgan fingerprint density at radius 3 is 2.39 bits per heavy atom. The van der Waals surface area contributed by atoms with Gasteiger partial charge in [0.1, 0.15) is 5.75 Å². The van der Waals surface area contributed by atoms with E-state index in [0.717, 1.165) is 18.4 Å². The first kappa shape index (κ1) is 19.7. The van der Waals surface area contributed by atoms with Gasteiger partial charge in [-0.2, -0.15) is 0 Å². The quantitative estimate of drug-likeness (QED) is 0.737. The van der Waals surface area contributed by atoms with Gasteiger partial charge in [-0.3, -0.25) is 14.3 Å². The molecular formula is C19H21N3O5S. The summed E-state index contributed by atoms with van der Waals surface area (Å²) in [6.07, 6.45) is 2.45. The minimum Gasteiger partial charge on any atom is -0.484 e. The van der Waals surface area contributed by atoms with Crippen LogP contribution in [0.2, 0.25) is 0 Å². The van der Waals surface area contributed by atoms with E-state index in [2.05, 4.69) is 10.0 Å². The largest absolute Gasteiger partial charge is 0.484 e. The first-order chi connectivity index (χ1) is 13.3. The van der Waals surface area contributed by atoms with Crippen molar-refractivity contribution in [3.05, 3.63) is 48.5 Å². The zero-order valence-corrected chi connectivity index (χ0v) is 16.2. The number of para-hydroxylation sites is 2. The van der Waals surface area contributed by atoms with Gasteiger partial charge in [0.25, 0.3) is 5.91 Å². The van der Waals surface area contributed by atoms with E-state index in [9.17, 15) is 18.0 Å². The first-order valence-corrected chi connectivity index (χ1v) is 10.6. The van der Waals surface area contributed by atoms with Crippen LogP contribution in [0.1, 0.15) is 12.8 Å². The number of rotatable bonds is 7. The molecule has 1 saturated heterocycles. The van der Waals surface area contributed by atoms with Gasteiger partial charge < -0.3 is 15.0 Å². The third-order valence-corrected chi connectivity index (χ3v) is 4.68. The van der Waals surface area contributed by atoms with Crippen LogP contribution in [0, 0.1) is 0 Å². The van der Waals surface area contributed by atoms with E-state index in [-0.39, 0.29) is 18.2 Å². The maximum Gasteiger partial charge on any atom is 0.262 e. The number of nitrogens with one attached hydrogen (secondary N) is 2. The molecule has 1 fully saturated rings. The highest BCUT2D eigenvalue weighted by Gasteiger charge is 2.21. The summed E-state index contributed by atoms with van der Waals surface area (Å²) in [5, 5.41) is 2.62. The van der Waals surface area contributed by atoms with Crippen LogP contribution in [-0.4, -0.2) is 39.6 Å². The van der Waals surface area contributed by atoms with Gasteiger partial charge in [-0.25, -0.2) is 8.42 Å². The predicted molar refractivity (Wildman–Crippen MR) is 107 cm³/mol. The van der Waals surface area contributed by atoms with Crippen LogP contribution in [0.5, 0.6) is 5.75 Å². The second-order valence-corrected chi connectivity index (χ2v) is 8.15. The fourth-order valence-electron chi connectivity index (χ4n) is 2.86. The minimum atomic E-state index is -3.47. The molecule has 1 aliphatic rings. The van der Waals surface area contributed by atoms with Gasteiger partial charge in [0, 0.05) is 18.7 Å². The fourth-order valence-corrected chi connectivity index (χ4v) is 3.44. The molecule has 0 saturated carbocycles. The Morgan fingerprint density at radius 1 is 1.11 bits per heavy atom. The molecule has 0 atom stereocenters. The molecule has 0 radical (unpaired) electrons. The average molecular weight is 403 g/mol. The zero-order valence-electron chi connectivity index (χ0n) is 15.3. The third-order valence-electron chi connectivity index (χ3n) is 4.09. The van der Waals surface area contributed by atoms with E-state index in [1.165, 1.54) is 0 Å². The highest BCUT2D eigenvalue weighted by molar-refractivity contribution is 7.92. The monoisotopic (exact) mass is 403 g/mol. The molecule has 3 rings (SSSR count). The Morgan fingerprint density at radius 2 is 1.79 bits per heavy atom. The molecule has 1 heterocycles. The van der Waals surface area contributed by atoms with Gasteiger partial charge >= 0.3 is 0 Å². The van der Waals surface area contributed by atoms with Gasteiger partial charge in [0.2, 0.25) is 15.9 Å². The second kappa shape index (κ2) is 8.30. The lowest BCUT2D eigenvalue weighted by atomic mass is 10.2. The molecule has 148 valence electrons. The first-order valence-electron chi connectivity index (χ1n) is 8.72. The molecule has 28 heavy (non-hydrogen) atoms. The van der Waals surface area contributed by atoms with Crippen molar-refractivity contribution in [3.8, 4) is 5.75 Å². The van der Waals surface area contributed by atoms with E-state index < -0.39 is 15.9 Å². The van der Waals surface area contributed by atoms with Crippen LogP contribution >= 0.6 is 0 Å². The zero-order chi connectivity index (χ0) is 20.1. The van der Waals surface area contributed by atoms with Crippen molar-refractivity contribution in [1.29, 1.82) is 0 Å². The predicted octanol–water partition coefficient (Wildman–Crippen LogP) is 2.20. The third kappa shape index (κ3) is 5.23. The average Bonchev–Trinajstić information content (AvgIpc) is 3.07. The minimum absolute atomic E-state index is 0.106. The summed E-state index contributed by atoms with van der Waals surface area (Å²) in [5.74, 6) is 0.170. The van der Waals surface area contributed by atoms with E-state index in [4.69, 9.17) is 4.74 Å². The maximum absolute atomic E-state index is 12.2. The Bertz CT molecular complexity index is 973. The van der Waals surface area contributed by atoms with Gasteiger partial charge in [0.05, 0.1) is 17.6 Å². The number of ether oxygens (including phenoxy) is 1. The standard InChI is InChI=1S/C19H21N3O5S/c1-28(25,26)21-17-6-3-2-5-16(17)20-18(23)13-27-15-10-8-14(9-11-15)22-12-4-7-19(22)24/h2-3,5-6,8-11,21H,4,7,12-13H2,1H3,(H,20,23). The summed E-state index contributed by atoms with van der Waals surface area (Å²) in [7, 11) is -3.47. The van der Waals surface area contributed by atoms with Crippen LogP contribution in [0.25, 0.3) is 0 Å². The lowest BCUT2D eigenvalue weighted by molar-refractivity contribution is -0.118. The summed E-state index contributed by atoms with van der Waals surface area (Å²) in [4.78, 5) is 25.6. The number of anilines is 3. The normalized spacial score (nSPS) is 14.0. The second-order valence-electron chi connectivity index (χ2n) is 6.40. The number of hydrogen-bond donors (Lipinski definition) is 2. The topological polar surface area (TPSA) is 105 Å². The lowest BCUT2D eigenvalue weighted by Gasteiger charge is -2.16. The molecule has 2 aromatic carbocycles. The highest BCUT2D eigenvalue weighted by Crippen LogP contribution is 2.24. The molecule has 2 amide bonds. The molecule has 0 aliphatic carbocycles. The number of hydrogen-bond acceptors (Lipinski definition) is 5. The molecule has 2 aromatic rings.